The highest BCUT2D eigenvalue weighted by atomic mass is 32.1. The molecule has 0 spiro atoms. The summed E-state index contributed by atoms with van der Waals surface area (Å²) in [5.41, 5.74) is 5.05. The van der Waals surface area contributed by atoms with Gasteiger partial charge in [0.2, 0.25) is 10.3 Å². The number of hydrogen-bond acceptors (Lipinski definition) is 7. The van der Waals surface area contributed by atoms with Crippen LogP contribution in [0.3, 0.4) is 0 Å². The number of benzene rings is 1. The molecule has 0 saturated carbocycles. The summed E-state index contributed by atoms with van der Waals surface area (Å²) in [6.45, 7) is 8.82. The smallest absolute Gasteiger partial charge is 0.268 e. The molecule has 4 rings (SSSR count). The molecule has 1 aliphatic heterocycles. The summed E-state index contributed by atoms with van der Waals surface area (Å²) in [5, 5.41) is 21.6. The number of para-hydroxylation sites is 1. The van der Waals surface area contributed by atoms with Gasteiger partial charge in [-0.25, -0.2) is 0 Å². The topological polar surface area (TPSA) is 96.1 Å². The summed E-state index contributed by atoms with van der Waals surface area (Å²) < 4.78 is 7.48. The van der Waals surface area contributed by atoms with Gasteiger partial charge in [-0.3, -0.25) is 10.1 Å². The average Bonchev–Trinajstić information content (AvgIpc) is 3.37. The van der Waals surface area contributed by atoms with Gasteiger partial charge in [-0.2, -0.15) is 5.26 Å². The van der Waals surface area contributed by atoms with Crippen molar-refractivity contribution in [1.29, 1.82) is 5.26 Å². The molecule has 2 aromatic heterocycles. The van der Waals surface area contributed by atoms with Gasteiger partial charge >= 0.3 is 0 Å². The third-order valence-electron chi connectivity index (χ3n) is 5.41. The van der Waals surface area contributed by atoms with Crippen LogP contribution in [0.5, 0.6) is 0 Å². The summed E-state index contributed by atoms with van der Waals surface area (Å²) in [7, 11) is 0. The molecule has 1 fully saturated rings. The largest absolute Gasteiger partial charge is 0.378 e. The Balaban J connectivity index is 1.55. The van der Waals surface area contributed by atoms with Gasteiger partial charge in [-0.15, -0.1) is 10.2 Å². The van der Waals surface area contributed by atoms with E-state index < -0.39 is 5.91 Å². The third kappa shape index (κ3) is 4.42. The van der Waals surface area contributed by atoms with Crippen molar-refractivity contribution in [3.63, 3.8) is 0 Å². The van der Waals surface area contributed by atoms with E-state index in [9.17, 15) is 10.1 Å². The molecule has 9 heteroatoms. The van der Waals surface area contributed by atoms with Crippen molar-refractivity contribution < 1.29 is 9.53 Å². The lowest BCUT2D eigenvalue weighted by atomic mass is 10.1. The minimum absolute atomic E-state index is 0.0122. The van der Waals surface area contributed by atoms with Crippen LogP contribution in [0.2, 0.25) is 0 Å². The molecule has 0 atom stereocenters. The molecule has 1 saturated heterocycles. The molecule has 3 heterocycles. The van der Waals surface area contributed by atoms with Gasteiger partial charge in [0.25, 0.3) is 5.91 Å². The molecule has 0 bridgehead atoms. The second-order valence-electron chi connectivity index (χ2n) is 7.56. The quantitative estimate of drug-likeness (QED) is 0.473. The Morgan fingerprint density at radius 3 is 2.69 bits per heavy atom. The van der Waals surface area contributed by atoms with Crippen LogP contribution in [0.25, 0.3) is 11.8 Å². The maximum atomic E-state index is 12.8. The van der Waals surface area contributed by atoms with E-state index in [1.54, 1.807) is 6.08 Å². The first kappa shape index (κ1) is 21.7. The van der Waals surface area contributed by atoms with Crippen LogP contribution in [-0.2, 0) is 9.53 Å². The number of amides is 1. The molecule has 0 radical (unpaired) electrons. The van der Waals surface area contributed by atoms with Crippen LogP contribution in [0.4, 0.5) is 10.3 Å². The number of morpholine rings is 1. The molecule has 1 N–H and O–H groups in total. The van der Waals surface area contributed by atoms with E-state index in [1.165, 1.54) is 11.3 Å². The van der Waals surface area contributed by atoms with E-state index in [0.717, 1.165) is 46.4 Å². The number of anilines is 2. The van der Waals surface area contributed by atoms with E-state index in [-0.39, 0.29) is 5.57 Å². The van der Waals surface area contributed by atoms with Crippen molar-refractivity contribution in [3.8, 4) is 11.8 Å². The zero-order chi connectivity index (χ0) is 22.7. The number of carbonyl (C=O) groups is 1. The van der Waals surface area contributed by atoms with Crippen LogP contribution in [0.1, 0.15) is 22.5 Å². The van der Waals surface area contributed by atoms with Crippen molar-refractivity contribution in [1.82, 2.24) is 14.8 Å². The second-order valence-corrected chi connectivity index (χ2v) is 8.52. The van der Waals surface area contributed by atoms with Gasteiger partial charge in [-0.1, -0.05) is 29.5 Å². The van der Waals surface area contributed by atoms with Gasteiger partial charge in [0.1, 0.15) is 11.6 Å². The number of carbonyl (C=O) groups excluding carboxylic acids is 1. The Labute approximate surface area is 190 Å². The lowest BCUT2D eigenvalue weighted by Gasteiger charge is -2.25. The number of hydrogen-bond donors (Lipinski definition) is 1. The van der Waals surface area contributed by atoms with Gasteiger partial charge in [0, 0.05) is 30.2 Å². The first-order valence-electron chi connectivity index (χ1n) is 10.3. The lowest BCUT2D eigenvalue weighted by Crippen LogP contribution is -2.36. The molecule has 3 aromatic rings. The van der Waals surface area contributed by atoms with E-state index in [2.05, 4.69) is 44.0 Å². The fourth-order valence-corrected chi connectivity index (χ4v) is 4.53. The molecule has 1 aliphatic rings. The van der Waals surface area contributed by atoms with Gasteiger partial charge < -0.3 is 14.2 Å². The van der Waals surface area contributed by atoms with E-state index in [0.29, 0.717) is 18.3 Å². The first-order valence-corrected chi connectivity index (χ1v) is 11.1. The van der Waals surface area contributed by atoms with Crippen LogP contribution >= 0.6 is 11.3 Å². The fraction of sp³-hybridized carbons (Fsp3) is 0.304. The highest BCUT2D eigenvalue weighted by Crippen LogP contribution is 2.27. The van der Waals surface area contributed by atoms with Crippen LogP contribution < -0.4 is 10.2 Å². The summed E-state index contributed by atoms with van der Waals surface area (Å²) >= 11 is 1.29. The average molecular weight is 449 g/mol. The Morgan fingerprint density at radius 1 is 1.22 bits per heavy atom. The summed E-state index contributed by atoms with van der Waals surface area (Å²) in [4.78, 5) is 14.8. The van der Waals surface area contributed by atoms with Gasteiger partial charge in [0.15, 0.2) is 0 Å². The minimum atomic E-state index is -0.502. The van der Waals surface area contributed by atoms with Gasteiger partial charge in [0.05, 0.1) is 13.2 Å². The first-order chi connectivity index (χ1) is 15.5. The van der Waals surface area contributed by atoms with E-state index in [4.69, 9.17) is 4.74 Å². The predicted molar refractivity (Wildman–Crippen MR) is 125 cm³/mol. The number of aromatic nitrogens is 3. The highest BCUT2D eigenvalue weighted by Gasteiger charge is 2.19. The Hall–Kier alpha value is -3.48. The fourth-order valence-electron chi connectivity index (χ4n) is 3.74. The van der Waals surface area contributed by atoms with Crippen molar-refractivity contribution in [3.05, 3.63) is 58.4 Å². The zero-order valence-corrected chi connectivity index (χ0v) is 19.1. The number of ether oxygens (including phenoxy) is 1. The van der Waals surface area contributed by atoms with Crippen molar-refractivity contribution in [2.45, 2.75) is 20.8 Å². The monoisotopic (exact) mass is 448 g/mol. The Morgan fingerprint density at radius 2 is 1.97 bits per heavy atom. The number of rotatable bonds is 5. The van der Waals surface area contributed by atoms with Crippen LogP contribution in [-0.4, -0.2) is 47.0 Å². The number of nitriles is 1. The van der Waals surface area contributed by atoms with Crippen molar-refractivity contribution >= 4 is 33.6 Å². The summed E-state index contributed by atoms with van der Waals surface area (Å²) in [6.07, 6.45) is 1.62. The van der Waals surface area contributed by atoms with E-state index >= 15 is 0 Å². The molecular weight excluding hydrogens is 424 g/mol. The number of nitrogens with zero attached hydrogens (tertiary/aromatic N) is 5. The third-order valence-corrected chi connectivity index (χ3v) is 6.31. The number of nitrogens with one attached hydrogen (secondary N) is 1. The van der Waals surface area contributed by atoms with Crippen LogP contribution in [0, 0.1) is 32.1 Å². The van der Waals surface area contributed by atoms with Crippen molar-refractivity contribution in [2.75, 3.05) is 36.5 Å². The van der Waals surface area contributed by atoms with Gasteiger partial charge in [-0.05, 0) is 50.1 Å². The molecular formula is C23H24N6O2S. The molecule has 0 aliphatic carbocycles. The maximum Gasteiger partial charge on any atom is 0.268 e. The Bertz CT molecular complexity index is 1210. The SMILES string of the molecule is Cc1ccccc1-n1c(C)cc(/C=C(/C#N)C(=O)Nc2nnc(N3CCOCC3)s2)c1C. The molecule has 1 amide bonds. The molecule has 8 nitrogen and oxygen atoms in total. The standard InChI is InChI=1S/C23H24N6O2S/c1-15-6-4-5-7-20(15)29-16(2)12-18(17(29)3)13-19(14-24)21(30)25-22-26-27-23(32-22)28-8-10-31-11-9-28/h4-7,12-13H,8-11H2,1-3H3,(H,25,26,30)/b19-13-. The lowest BCUT2D eigenvalue weighted by molar-refractivity contribution is -0.112. The van der Waals surface area contributed by atoms with Crippen molar-refractivity contribution in [2.24, 2.45) is 0 Å². The second kappa shape index (κ2) is 9.34. The van der Waals surface area contributed by atoms with Crippen LogP contribution in [0.15, 0.2) is 35.9 Å². The zero-order valence-electron chi connectivity index (χ0n) is 18.3. The minimum Gasteiger partial charge on any atom is -0.378 e. The molecule has 1 aromatic carbocycles. The summed E-state index contributed by atoms with van der Waals surface area (Å²) in [6, 6.07) is 12.1. The molecule has 0 unspecified atom stereocenters. The molecule has 32 heavy (non-hydrogen) atoms. The predicted octanol–water partition coefficient (Wildman–Crippen LogP) is 3.64. The highest BCUT2D eigenvalue weighted by molar-refractivity contribution is 7.19. The summed E-state index contributed by atoms with van der Waals surface area (Å²) in [5.74, 6) is -0.502. The Kier molecular flexibility index (Phi) is 6.35. The van der Waals surface area contributed by atoms with E-state index in [1.807, 2.05) is 38.1 Å². The number of aryl methyl sites for hydroxylation is 2. The normalized spacial score (nSPS) is 14.3. The molecule has 164 valence electrons. The maximum absolute atomic E-state index is 12.8.